The highest BCUT2D eigenvalue weighted by Crippen LogP contribution is 2.22. The maximum absolute atomic E-state index is 13.5. The van der Waals surface area contributed by atoms with Crippen LogP contribution in [0, 0.1) is 0 Å². The second kappa shape index (κ2) is 13.1. The van der Waals surface area contributed by atoms with Crippen LogP contribution in [0.3, 0.4) is 0 Å². The van der Waals surface area contributed by atoms with Gasteiger partial charge in [0.25, 0.3) is 11.8 Å². The number of likely N-dealkylation sites (N-methyl/N-ethyl adjacent to an activating group) is 2. The summed E-state index contributed by atoms with van der Waals surface area (Å²) in [5.74, 6) is 0.564. The van der Waals surface area contributed by atoms with Crippen molar-refractivity contribution >= 4 is 23.3 Å². The van der Waals surface area contributed by atoms with Crippen molar-refractivity contribution in [3.63, 3.8) is 0 Å². The third-order valence-electron chi connectivity index (χ3n) is 6.55. The van der Waals surface area contributed by atoms with Crippen LogP contribution in [0.5, 0.6) is 0 Å². The van der Waals surface area contributed by atoms with Gasteiger partial charge in [-0.05, 0) is 52.5 Å². The molecule has 9 nitrogen and oxygen atoms in total. The first-order chi connectivity index (χ1) is 18.4. The number of para-hydroxylation sites is 1. The van der Waals surface area contributed by atoms with E-state index in [1.165, 1.54) is 0 Å². The molecule has 9 heteroatoms. The Kier molecular flexibility index (Phi) is 9.40. The third-order valence-corrected chi connectivity index (χ3v) is 6.55. The van der Waals surface area contributed by atoms with E-state index in [1.807, 2.05) is 44.4 Å². The van der Waals surface area contributed by atoms with Gasteiger partial charge in [-0.1, -0.05) is 42.5 Å². The first kappa shape index (κ1) is 27.2. The van der Waals surface area contributed by atoms with Gasteiger partial charge in [0.15, 0.2) is 5.82 Å². The summed E-state index contributed by atoms with van der Waals surface area (Å²) in [5, 5.41) is 9.32. The summed E-state index contributed by atoms with van der Waals surface area (Å²) in [6.07, 6.45) is 1.95. The van der Waals surface area contributed by atoms with Crippen LogP contribution in [-0.4, -0.2) is 79.5 Å². The molecular formula is C29H37N7O2. The molecule has 1 atom stereocenters. The quantitative estimate of drug-likeness (QED) is 0.381. The molecule has 3 aromatic rings. The molecular weight excluding hydrogens is 478 g/mol. The van der Waals surface area contributed by atoms with E-state index < -0.39 is 5.91 Å². The Morgan fingerprint density at radius 2 is 1.76 bits per heavy atom. The van der Waals surface area contributed by atoms with Crippen LogP contribution in [0.2, 0.25) is 0 Å². The smallest absolute Gasteiger partial charge is 0.274 e. The standard InChI is InChI=1S/C29H37N7O2/c1-4-36(18-17-35(2)3)26-19-25(32-27(34-26)21-11-6-5-7-12-21)29(38)33-24-15-9-8-14-23(24)28(37)31-22-13-10-16-30-20-22/h5-9,11-12,14-15,19,22,30H,4,10,13,16-18,20H2,1-3H3,(H,31,37)(H,33,38). The number of benzene rings is 2. The van der Waals surface area contributed by atoms with Crippen molar-refractivity contribution in [1.82, 2.24) is 25.5 Å². The fraction of sp³-hybridized carbons (Fsp3) is 0.379. The van der Waals surface area contributed by atoms with E-state index >= 15 is 0 Å². The minimum Gasteiger partial charge on any atom is -0.355 e. The summed E-state index contributed by atoms with van der Waals surface area (Å²) < 4.78 is 0. The fourth-order valence-electron chi connectivity index (χ4n) is 4.40. The molecule has 1 fully saturated rings. The van der Waals surface area contributed by atoms with E-state index in [-0.39, 0.29) is 17.6 Å². The Balaban J connectivity index is 1.61. The maximum atomic E-state index is 13.5. The predicted octanol–water partition coefficient (Wildman–Crippen LogP) is 3.27. The zero-order valence-electron chi connectivity index (χ0n) is 22.4. The Labute approximate surface area is 224 Å². The molecule has 1 unspecified atom stereocenters. The van der Waals surface area contributed by atoms with Gasteiger partial charge in [-0.15, -0.1) is 0 Å². The van der Waals surface area contributed by atoms with Crippen molar-refractivity contribution in [3.8, 4) is 11.4 Å². The molecule has 38 heavy (non-hydrogen) atoms. The maximum Gasteiger partial charge on any atom is 0.274 e. The topological polar surface area (TPSA) is 102 Å². The summed E-state index contributed by atoms with van der Waals surface area (Å²) in [4.78, 5) is 40.2. The molecule has 0 saturated carbocycles. The van der Waals surface area contributed by atoms with E-state index in [2.05, 4.69) is 37.7 Å². The van der Waals surface area contributed by atoms with Crippen LogP contribution in [0.15, 0.2) is 60.7 Å². The Morgan fingerprint density at radius 3 is 2.47 bits per heavy atom. The molecule has 0 bridgehead atoms. The number of amides is 2. The van der Waals surface area contributed by atoms with Gasteiger partial charge in [-0.3, -0.25) is 9.59 Å². The Hall–Kier alpha value is -3.82. The van der Waals surface area contributed by atoms with Crippen molar-refractivity contribution in [3.05, 3.63) is 71.9 Å². The van der Waals surface area contributed by atoms with E-state index in [9.17, 15) is 9.59 Å². The lowest BCUT2D eigenvalue weighted by Gasteiger charge is -2.25. The lowest BCUT2D eigenvalue weighted by molar-refractivity contribution is 0.0931. The second-order valence-corrected chi connectivity index (χ2v) is 9.70. The summed E-state index contributed by atoms with van der Waals surface area (Å²) in [7, 11) is 4.06. The third kappa shape index (κ3) is 7.14. The fourth-order valence-corrected chi connectivity index (χ4v) is 4.40. The molecule has 2 amide bonds. The average molecular weight is 516 g/mol. The molecule has 0 spiro atoms. The van der Waals surface area contributed by atoms with Crippen LogP contribution in [0.1, 0.15) is 40.6 Å². The van der Waals surface area contributed by atoms with Crippen molar-refractivity contribution < 1.29 is 9.59 Å². The molecule has 2 aromatic carbocycles. The Morgan fingerprint density at radius 1 is 1.00 bits per heavy atom. The summed E-state index contributed by atoms with van der Waals surface area (Å²) in [6, 6.07) is 18.5. The molecule has 0 radical (unpaired) electrons. The lowest BCUT2D eigenvalue weighted by Crippen LogP contribution is -2.45. The summed E-state index contributed by atoms with van der Waals surface area (Å²) >= 11 is 0. The highest BCUT2D eigenvalue weighted by Gasteiger charge is 2.21. The van der Waals surface area contributed by atoms with Crippen molar-refractivity contribution in [2.24, 2.45) is 0 Å². The monoisotopic (exact) mass is 515 g/mol. The normalized spacial score (nSPS) is 15.2. The summed E-state index contributed by atoms with van der Waals surface area (Å²) in [6.45, 7) is 6.12. The van der Waals surface area contributed by atoms with Gasteiger partial charge < -0.3 is 25.8 Å². The zero-order valence-corrected chi connectivity index (χ0v) is 22.4. The van der Waals surface area contributed by atoms with Crippen LogP contribution in [0.25, 0.3) is 11.4 Å². The highest BCUT2D eigenvalue weighted by molar-refractivity contribution is 6.08. The van der Waals surface area contributed by atoms with Gasteiger partial charge >= 0.3 is 0 Å². The van der Waals surface area contributed by atoms with Gasteiger partial charge in [0.05, 0.1) is 11.3 Å². The molecule has 0 aliphatic carbocycles. The van der Waals surface area contributed by atoms with Crippen LogP contribution < -0.4 is 20.9 Å². The van der Waals surface area contributed by atoms with Crippen LogP contribution >= 0.6 is 0 Å². The zero-order chi connectivity index (χ0) is 26.9. The number of anilines is 2. The molecule has 200 valence electrons. The number of carbonyl (C=O) groups excluding carboxylic acids is 2. The second-order valence-electron chi connectivity index (χ2n) is 9.70. The highest BCUT2D eigenvalue weighted by atomic mass is 16.2. The van der Waals surface area contributed by atoms with Gasteiger partial charge in [0.2, 0.25) is 0 Å². The molecule has 1 aliphatic heterocycles. The van der Waals surface area contributed by atoms with Crippen LogP contribution in [0.4, 0.5) is 11.5 Å². The lowest BCUT2D eigenvalue weighted by atomic mass is 10.1. The molecule has 4 rings (SSSR count). The van der Waals surface area contributed by atoms with E-state index in [0.29, 0.717) is 22.9 Å². The molecule has 1 aromatic heterocycles. The van der Waals surface area contributed by atoms with E-state index in [4.69, 9.17) is 4.98 Å². The van der Waals surface area contributed by atoms with Crippen molar-refractivity contribution in [1.29, 1.82) is 0 Å². The number of hydrogen-bond donors (Lipinski definition) is 3. The number of nitrogens with one attached hydrogen (secondary N) is 3. The minimum atomic E-state index is -0.394. The first-order valence-electron chi connectivity index (χ1n) is 13.2. The van der Waals surface area contributed by atoms with Gasteiger partial charge in [0.1, 0.15) is 11.5 Å². The average Bonchev–Trinajstić information content (AvgIpc) is 2.94. The molecule has 2 heterocycles. The number of piperidine rings is 1. The van der Waals surface area contributed by atoms with E-state index in [1.54, 1.807) is 30.3 Å². The number of aromatic nitrogens is 2. The van der Waals surface area contributed by atoms with Crippen molar-refractivity contribution in [2.75, 3.05) is 57.0 Å². The van der Waals surface area contributed by atoms with Gasteiger partial charge in [-0.25, -0.2) is 9.97 Å². The van der Waals surface area contributed by atoms with Crippen LogP contribution in [-0.2, 0) is 0 Å². The number of carbonyl (C=O) groups is 2. The van der Waals surface area contributed by atoms with Crippen molar-refractivity contribution in [2.45, 2.75) is 25.8 Å². The number of rotatable bonds is 10. The van der Waals surface area contributed by atoms with Gasteiger partial charge in [-0.2, -0.15) is 0 Å². The molecule has 3 N–H and O–H groups in total. The van der Waals surface area contributed by atoms with E-state index in [0.717, 1.165) is 51.1 Å². The summed E-state index contributed by atoms with van der Waals surface area (Å²) in [5.41, 5.74) is 1.93. The number of nitrogens with zero attached hydrogens (tertiary/aromatic N) is 4. The Bertz CT molecular complexity index is 1230. The first-order valence-corrected chi connectivity index (χ1v) is 13.2. The SMILES string of the molecule is CCN(CCN(C)C)c1cc(C(=O)Nc2ccccc2C(=O)NC2CCCNC2)nc(-c2ccccc2)n1. The minimum absolute atomic E-state index is 0.0695. The molecule has 1 saturated heterocycles. The predicted molar refractivity (Wildman–Crippen MR) is 152 cm³/mol. The number of hydrogen-bond acceptors (Lipinski definition) is 7. The van der Waals surface area contributed by atoms with Gasteiger partial charge in [0, 0.05) is 43.9 Å². The molecule has 1 aliphatic rings. The largest absolute Gasteiger partial charge is 0.355 e.